The molecule has 0 saturated carbocycles. The Morgan fingerprint density at radius 1 is 1.27 bits per heavy atom. The van der Waals surface area contributed by atoms with E-state index in [1.807, 2.05) is 13.8 Å². The molecule has 0 amide bonds. The van der Waals surface area contributed by atoms with Crippen molar-refractivity contribution >= 4 is 10.2 Å². The highest BCUT2D eigenvalue weighted by Crippen LogP contribution is 1.97. The molecule has 5 nitrogen and oxygen atoms in total. The zero-order valence-corrected chi connectivity index (χ0v) is 10.5. The standard InChI is InChI=1S/C9H22N2O3S/c1-8(2)7-10-15(13,14)11-9(3)5-4-6-12/h8-12H,4-7H2,1-3H3. The summed E-state index contributed by atoms with van der Waals surface area (Å²) in [5, 5.41) is 8.60. The molecule has 92 valence electrons. The van der Waals surface area contributed by atoms with Crippen molar-refractivity contribution in [3.05, 3.63) is 0 Å². The molecule has 0 aliphatic rings. The van der Waals surface area contributed by atoms with Gasteiger partial charge in [0.15, 0.2) is 0 Å². The lowest BCUT2D eigenvalue weighted by atomic mass is 10.2. The SMILES string of the molecule is CC(C)CNS(=O)(=O)NC(C)CCCO. The van der Waals surface area contributed by atoms with Gasteiger partial charge >= 0.3 is 0 Å². The predicted octanol–water partition coefficient (Wildman–Crippen LogP) is 0.227. The van der Waals surface area contributed by atoms with Gasteiger partial charge in [0, 0.05) is 19.2 Å². The fourth-order valence-corrected chi connectivity index (χ4v) is 2.32. The van der Waals surface area contributed by atoms with Gasteiger partial charge in [0.2, 0.25) is 0 Å². The molecule has 0 aromatic carbocycles. The Morgan fingerprint density at radius 2 is 1.87 bits per heavy atom. The summed E-state index contributed by atoms with van der Waals surface area (Å²) in [6, 6.07) is -0.151. The van der Waals surface area contributed by atoms with Gasteiger partial charge in [-0.05, 0) is 25.7 Å². The quantitative estimate of drug-likeness (QED) is 0.566. The lowest BCUT2D eigenvalue weighted by Gasteiger charge is -2.15. The molecule has 0 aromatic rings. The van der Waals surface area contributed by atoms with Crippen molar-refractivity contribution in [2.75, 3.05) is 13.2 Å². The summed E-state index contributed by atoms with van der Waals surface area (Å²) in [5.41, 5.74) is 0. The van der Waals surface area contributed by atoms with E-state index in [4.69, 9.17) is 5.11 Å². The van der Waals surface area contributed by atoms with Gasteiger partial charge in [0.25, 0.3) is 10.2 Å². The average molecular weight is 238 g/mol. The number of rotatable bonds is 8. The van der Waals surface area contributed by atoms with E-state index in [-0.39, 0.29) is 18.6 Å². The minimum absolute atomic E-state index is 0.0888. The van der Waals surface area contributed by atoms with Crippen LogP contribution in [0.1, 0.15) is 33.6 Å². The Labute approximate surface area is 92.4 Å². The zero-order chi connectivity index (χ0) is 11.9. The largest absolute Gasteiger partial charge is 0.396 e. The van der Waals surface area contributed by atoms with Crippen molar-refractivity contribution in [2.24, 2.45) is 5.92 Å². The van der Waals surface area contributed by atoms with Crippen LogP contribution in [0.2, 0.25) is 0 Å². The van der Waals surface area contributed by atoms with Crippen LogP contribution < -0.4 is 9.44 Å². The maximum absolute atomic E-state index is 11.4. The summed E-state index contributed by atoms with van der Waals surface area (Å²) in [7, 11) is -3.39. The maximum Gasteiger partial charge on any atom is 0.277 e. The Bertz CT molecular complexity index is 252. The third kappa shape index (κ3) is 8.80. The van der Waals surface area contributed by atoms with Crippen LogP contribution in [0, 0.1) is 5.92 Å². The molecule has 0 saturated heterocycles. The highest BCUT2D eigenvalue weighted by molar-refractivity contribution is 7.87. The third-order valence-corrected chi connectivity index (χ3v) is 3.09. The molecule has 1 atom stereocenters. The van der Waals surface area contributed by atoms with E-state index in [2.05, 4.69) is 9.44 Å². The van der Waals surface area contributed by atoms with Gasteiger partial charge in [-0.1, -0.05) is 13.8 Å². The fraction of sp³-hybridized carbons (Fsp3) is 1.00. The van der Waals surface area contributed by atoms with Crippen LogP contribution >= 0.6 is 0 Å². The van der Waals surface area contributed by atoms with Crippen molar-refractivity contribution in [3.8, 4) is 0 Å². The molecule has 0 aromatic heterocycles. The van der Waals surface area contributed by atoms with E-state index >= 15 is 0 Å². The molecule has 3 N–H and O–H groups in total. The molecular weight excluding hydrogens is 216 g/mol. The summed E-state index contributed by atoms with van der Waals surface area (Å²) < 4.78 is 27.8. The van der Waals surface area contributed by atoms with Crippen molar-refractivity contribution in [1.82, 2.24) is 9.44 Å². The second-order valence-corrected chi connectivity index (χ2v) is 5.66. The Kier molecular flexibility index (Phi) is 7.08. The lowest BCUT2D eigenvalue weighted by molar-refractivity contribution is 0.279. The zero-order valence-electron chi connectivity index (χ0n) is 9.66. The van der Waals surface area contributed by atoms with Gasteiger partial charge < -0.3 is 5.11 Å². The van der Waals surface area contributed by atoms with Gasteiger partial charge in [-0.15, -0.1) is 0 Å². The Hall–Kier alpha value is -0.170. The number of hydrogen-bond donors (Lipinski definition) is 3. The van der Waals surface area contributed by atoms with Crippen LogP contribution in [-0.4, -0.2) is 32.7 Å². The number of aliphatic hydroxyl groups is 1. The topological polar surface area (TPSA) is 78.4 Å². The average Bonchev–Trinajstić information content (AvgIpc) is 2.11. The van der Waals surface area contributed by atoms with Gasteiger partial charge in [0.05, 0.1) is 0 Å². The summed E-state index contributed by atoms with van der Waals surface area (Å²) >= 11 is 0. The smallest absolute Gasteiger partial charge is 0.277 e. The molecule has 0 heterocycles. The van der Waals surface area contributed by atoms with E-state index in [0.717, 1.165) is 0 Å². The van der Waals surface area contributed by atoms with Gasteiger partial charge in [-0.25, -0.2) is 4.72 Å². The maximum atomic E-state index is 11.4. The van der Waals surface area contributed by atoms with Crippen LogP contribution in [0.25, 0.3) is 0 Å². The van der Waals surface area contributed by atoms with Crippen LogP contribution in [-0.2, 0) is 10.2 Å². The summed E-state index contributed by atoms with van der Waals surface area (Å²) in [6.07, 6.45) is 1.24. The first-order valence-electron chi connectivity index (χ1n) is 5.25. The molecule has 1 unspecified atom stereocenters. The van der Waals surface area contributed by atoms with E-state index in [0.29, 0.717) is 19.4 Å². The highest BCUT2D eigenvalue weighted by atomic mass is 32.2. The van der Waals surface area contributed by atoms with Crippen LogP contribution in [0.5, 0.6) is 0 Å². The first-order chi connectivity index (χ1) is 6.87. The first-order valence-corrected chi connectivity index (χ1v) is 6.73. The third-order valence-electron chi connectivity index (χ3n) is 1.83. The van der Waals surface area contributed by atoms with Crippen molar-refractivity contribution in [3.63, 3.8) is 0 Å². The first kappa shape index (κ1) is 14.8. The van der Waals surface area contributed by atoms with Gasteiger partial charge in [-0.3, -0.25) is 0 Å². The second-order valence-electron chi connectivity index (χ2n) is 4.13. The van der Waals surface area contributed by atoms with Crippen molar-refractivity contribution in [2.45, 2.75) is 39.7 Å². The molecule has 0 aliphatic carbocycles. The van der Waals surface area contributed by atoms with Gasteiger partial charge in [0.1, 0.15) is 0 Å². The van der Waals surface area contributed by atoms with E-state index < -0.39 is 10.2 Å². The van der Waals surface area contributed by atoms with Crippen molar-refractivity contribution in [1.29, 1.82) is 0 Å². The fourth-order valence-electron chi connectivity index (χ4n) is 1.04. The minimum Gasteiger partial charge on any atom is -0.396 e. The molecule has 0 bridgehead atoms. The van der Waals surface area contributed by atoms with Gasteiger partial charge in [-0.2, -0.15) is 13.1 Å². The Balaban J connectivity index is 3.91. The lowest BCUT2D eigenvalue weighted by Crippen LogP contribution is -2.42. The van der Waals surface area contributed by atoms with E-state index in [9.17, 15) is 8.42 Å². The number of hydrogen-bond acceptors (Lipinski definition) is 3. The van der Waals surface area contributed by atoms with Crippen LogP contribution in [0.3, 0.4) is 0 Å². The molecule has 0 spiro atoms. The normalized spacial score (nSPS) is 14.5. The number of nitrogens with one attached hydrogen (secondary N) is 2. The van der Waals surface area contributed by atoms with E-state index in [1.165, 1.54) is 0 Å². The summed E-state index contributed by atoms with van der Waals surface area (Å²) in [4.78, 5) is 0. The monoisotopic (exact) mass is 238 g/mol. The van der Waals surface area contributed by atoms with Crippen LogP contribution in [0.15, 0.2) is 0 Å². The van der Waals surface area contributed by atoms with E-state index in [1.54, 1.807) is 6.92 Å². The van der Waals surface area contributed by atoms with Crippen LogP contribution in [0.4, 0.5) is 0 Å². The second kappa shape index (κ2) is 7.16. The molecule has 15 heavy (non-hydrogen) atoms. The highest BCUT2D eigenvalue weighted by Gasteiger charge is 2.13. The summed E-state index contributed by atoms with van der Waals surface area (Å²) in [5.74, 6) is 0.286. The minimum atomic E-state index is -3.39. The molecular formula is C9H22N2O3S. The molecule has 0 fully saturated rings. The molecule has 0 radical (unpaired) electrons. The molecule has 0 rings (SSSR count). The number of aliphatic hydroxyl groups excluding tert-OH is 1. The molecule has 6 heteroatoms. The van der Waals surface area contributed by atoms with Crippen molar-refractivity contribution < 1.29 is 13.5 Å². The Morgan fingerprint density at radius 3 is 2.33 bits per heavy atom. The summed E-state index contributed by atoms with van der Waals surface area (Å²) in [6.45, 7) is 6.19. The molecule has 0 aliphatic heterocycles. The predicted molar refractivity (Wildman–Crippen MR) is 60.7 cm³/mol.